The lowest BCUT2D eigenvalue weighted by Gasteiger charge is -2.01. The number of hydrogen-bond donors (Lipinski definition) is 0. The van der Waals surface area contributed by atoms with E-state index in [1.165, 1.54) is 41.1 Å². The number of alkyl halides is 2. The summed E-state index contributed by atoms with van der Waals surface area (Å²) in [5, 5.41) is 6.64. The summed E-state index contributed by atoms with van der Waals surface area (Å²) >= 11 is 5.67. The molecular formula is C17H9ClF3N3O2. The minimum Gasteiger partial charge on any atom is -0.415 e. The maximum absolute atomic E-state index is 13.1. The van der Waals surface area contributed by atoms with Gasteiger partial charge in [0.05, 0.1) is 11.6 Å². The molecule has 0 spiro atoms. The van der Waals surface area contributed by atoms with E-state index in [4.69, 9.17) is 16.0 Å². The van der Waals surface area contributed by atoms with Gasteiger partial charge in [0.1, 0.15) is 5.82 Å². The van der Waals surface area contributed by atoms with Crippen LogP contribution in [-0.2, 0) is 6.54 Å². The molecule has 0 amide bonds. The van der Waals surface area contributed by atoms with E-state index < -0.39 is 23.7 Å². The summed E-state index contributed by atoms with van der Waals surface area (Å²) in [5.74, 6) is 4.01. The molecule has 2 aromatic heterocycles. The molecule has 3 aromatic rings. The number of rotatable bonds is 3. The highest BCUT2D eigenvalue weighted by atomic mass is 35.5. The molecular weight excluding hydrogens is 371 g/mol. The summed E-state index contributed by atoms with van der Waals surface area (Å²) in [6, 6.07) is 6.70. The van der Waals surface area contributed by atoms with Crippen LogP contribution < -0.4 is 5.56 Å². The van der Waals surface area contributed by atoms with Crippen molar-refractivity contribution in [3.63, 3.8) is 0 Å². The maximum atomic E-state index is 13.1. The third-order valence-electron chi connectivity index (χ3n) is 3.27. The topological polar surface area (TPSA) is 60.9 Å². The Morgan fingerprint density at radius 2 is 2.04 bits per heavy atom. The van der Waals surface area contributed by atoms with Gasteiger partial charge in [-0.2, -0.15) is 8.78 Å². The molecule has 0 saturated heterocycles. The molecule has 0 unspecified atom stereocenters. The van der Waals surface area contributed by atoms with Crippen LogP contribution in [0, 0.1) is 17.7 Å². The minimum atomic E-state index is -2.88. The van der Waals surface area contributed by atoms with Gasteiger partial charge in [-0.15, -0.1) is 10.2 Å². The van der Waals surface area contributed by atoms with Gasteiger partial charge in [-0.1, -0.05) is 23.4 Å². The number of nitrogens with zero attached hydrogens (tertiary/aromatic N) is 3. The lowest BCUT2D eigenvalue weighted by atomic mass is 10.2. The van der Waals surface area contributed by atoms with Crippen molar-refractivity contribution in [2.45, 2.75) is 13.0 Å². The monoisotopic (exact) mass is 379 g/mol. The first kappa shape index (κ1) is 17.8. The first-order chi connectivity index (χ1) is 12.4. The summed E-state index contributed by atoms with van der Waals surface area (Å²) in [7, 11) is 0. The van der Waals surface area contributed by atoms with Crippen molar-refractivity contribution in [2.24, 2.45) is 0 Å². The van der Waals surface area contributed by atoms with Crippen LogP contribution in [0.1, 0.15) is 17.9 Å². The van der Waals surface area contributed by atoms with E-state index in [0.717, 1.165) is 0 Å². The highest BCUT2D eigenvalue weighted by Gasteiger charge is 2.17. The quantitative estimate of drug-likeness (QED) is 0.651. The number of pyridine rings is 1. The van der Waals surface area contributed by atoms with Gasteiger partial charge in [0.15, 0.2) is 0 Å². The third-order valence-corrected chi connectivity index (χ3v) is 3.56. The largest absolute Gasteiger partial charge is 0.415 e. The van der Waals surface area contributed by atoms with Crippen LogP contribution in [0.5, 0.6) is 0 Å². The predicted octanol–water partition coefficient (Wildman–Crippen LogP) is 3.68. The molecule has 0 aliphatic heterocycles. The first-order valence-corrected chi connectivity index (χ1v) is 7.58. The Hall–Kier alpha value is -3.05. The van der Waals surface area contributed by atoms with Crippen molar-refractivity contribution in [3.05, 3.63) is 69.2 Å². The fourth-order valence-corrected chi connectivity index (χ4v) is 2.19. The van der Waals surface area contributed by atoms with Crippen molar-refractivity contribution in [2.75, 3.05) is 0 Å². The number of halogens is 4. The average Bonchev–Trinajstić information content (AvgIpc) is 3.10. The Labute approximate surface area is 150 Å². The van der Waals surface area contributed by atoms with E-state index in [1.807, 2.05) is 0 Å². The van der Waals surface area contributed by atoms with Crippen LogP contribution in [0.25, 0.3) is 11.5 Å². The minimum absolute atomic E-state index is 0.0407. The smallest absolute Gasteiger partial charge is 0.314 e. The molecule has 3 rings (SSSR count). The Bertz CT molecular complexity index is 1070. The summed E-state index contributed by atoms with van der Waals surface area (Å²) < 4.78 is 44.1. The molecule has 2 heterocycles. The van der Waals surface area contributed by atoms with E-state index in [-0.39, 0.29) is 23.0 Å². The molecule has 0 fully saturated rings. The fraction of sp³-hybridized carbons (Fsp3) is 0.118. The zero-order valence-electron chi connectivity index (χ0n) is 12.9. The van der Waals surface area contributed by atoms with E-state index in [9.17, 15) is 18.0 Å². The average molecular weight is 380 g/mol. The molecule has 0 aliphatic rings. The molecule has 5 nitrogen and oxygen atoms in total. The summed E-state index contributed by atoms with van der Waals surface area (Å²) in [6.07, 6.45) is -1.46. The first-order valence-electron chi connectivity index (χ1n) is 7.20. The molecule has 0 saturated carbocycles. The molecule has 0 aliphatic carbocycles. The van der Waals surface area contributed by atoms with Gasteiger partial charge >= 0.3 is 6.43 Å². The van der Waals surface area contributed by atoms with E-state index in [0.29, 0.717) is 5.56 Å². The normalized spacial score (nSPS) is 10.7. The molecule has 0 N–H and O–H groups in total. The summed E-state index contributed by atoms with van der Waals surface area (Å²) in [6.45, 7) is 0.0697. The van der Waals surface area contributed by atoms with E-state index in [1.54, 1.807) is 0 Å². The zero-order valence-corrected chi connectivity index (χ0v) is 13.7. The van der Waals surface area contributed by atoms with E-state index in [2.05, 4.69) is 22.0 Å². The SMILES string of the molecule is O=c1cc(-c2nnc(C(F)F)o2)ccn1CC#Cc1ccc(F)c(Cl)c1. The predicted molar refractivity (Wildman–Crippen MR) is 87.2 cm³/mol. The fourth-order valence-electron chi connectivity index (χ4n) is 2.01. The lowest BCUT2D eigenvalue weighted by Crippen LogP contribution is -2.17. The molecule has 9 heteroatoms. The van der Waals surface area contributed by atoms with Crippen LogP contribution in [0.15, 0.2) is 45.7 Å². The molecule has 132 valence electrons. The highest BCUT2D eigenvalue weighted by molar-refractivity contribution is 6.30. The number of aromatic nitrogens is 3. The second-order valence-corrected chi connectivity index (χ2v) is 5.47. The van der Waals surface area contributed by atoms with Crippen LogP contribution in [0.3, 0.4) is 0 Å². The lowest BCUT2D eigenvalue weighted by molar-refractivity contribution is 0.116. The van der Waals surface area contributed by atoms with Crippen molar-refractivity contribution >= 4 is 11.6 Å². The van der Waals surface area contributed by atoms with Gasteiger partial charge < -0.3 is 8.98 Å². The van der Waals surface area contributed by atoms with Crippen LogP contribution in [0.4, 0.5) is 13.2 Å². The highest BCUT2D eigenvalue weighted by Crippen LogP contribution is 2.22. The molecule has 0 atom stereocenters. The van der Waals surface area contributed by atoms with Crippen molar-refractivity contribution in [3.8, 4) is 23.3 Å². The van der Waals surface area contributed by atoms with Gasteiger partial charge in [-0.05, 0) is 24.3 Å². The third kappa shape index (κ3) is 3.95. The second-order valence-electron chi connectivity index (χ2n) is 5.06. The van der Waals surface area contributed by atoms with Crippen LogP contribution in [0.2, 0.25) is 5.02 Å². The van der Waals surface area contributed by atoms with Crippen molar-refractivity contribution in [1.29, 1.82) is 0 Å². The van der Waals surface area contributed by atoms with Crippen molar-refractivity contribution < 1.29 is 17.6 Å². The van der Waals surface area contributed by atoms with Gasteiger partial charge in [-0.3, -0.25) is 4.79 Å². The van der Waals surface area contributed by atoms with Gasteiger partial charge in [0.25, 0.3) is 11.4 Å². The molecule has 26 heavy (non-hydrogen) atoms. The Morgan fingerprint density at radius 1 is 1.23 bits per heavy atom. The Morgan fingerprint density at radius 3 is 2.69 bits per heavy atom. The van der Waals surface area contributed by atoms with Gasteiger partial charge in [-0.25, -0.2) is 4.39 Å². The standard InChI is InChI=1S/C17H9ClF3N3O2/c18-12-8-10(3-4-13(12)19)2-1-6-24-7-5-11(9-14(24)25)16-22-23-17(26-16)15(20)21/h3-5,7-9,15H,6H2. The molecule has 1 aromatic carbocycles. The van der Waals surface area contributed by atoms with Crippen LogP contribution >= 0.6 is 11.6 Å². The van der Waals surface area contributed by atoms with Crippen LogP contribution in [-0.4, -0.2) is 14.8 Å². The maximum Gasteiger partial charge on any atom is 0.314 e. The van der Waals surface area contributed by atoms with Crippen molar-refractivity contribution in [1.82, 2.24) is 14.8 Å². The number of benzene rings is 1. The van der Waals surface area contributed by atoms with Gasteiger partial charge in [0.2, 0.25) is 5.89 Å². The molecule has 0 bridgehead atoms. The zero-order chi connectivity index (χ0) is 18.7. The number of hydrogen-bond acceptors (Lipinski definition) is 4. The molecule has 0 radical (unpaired) electrons. The Balaban J connectivity index is 1.77. The van der Waals surface area contributed by atoms with Gasteiger partial charge in [0, 0.05) is 23.4 Å². The Kier molecular flexibility index (Phi) is 5.09. The summed E-state index contributed by atoms with van der Waals surface area (Å²) in [5.41, 5.74) is 0.307. The second kappa shape index (κ2) is 7.45. The summed E-state index contributed by atoms with van der Waals surface area (Å²) in [4.78, 5) is 12.1. The van der Waals surface area contributed by atoms with E-state index >= 15 is 0 Å².